The lowest BCUT2D eigenvalue weighted by Gasteiger charge is -2.34. The Morgan fingerprint density at radius 1 is 1.45 bits per heavy atom. The molecule has 0 bridgehead atoms. The number of carboxylic acid groups (broad SMARTS) is 1. The Hall–Kier alpha value is -1.17. The normalized spacial score (nSPS) is 23.6. The molecule has 2 atom stereocenters. The van der Waals surface area contributed by atoms with Gasteiger partial charge in [0, 0.05) is 28.4 Å². The molecule has 1 fully saturated rings. The van der Waals surface area contributed by atoms with Crippen LogP contribution in [0.2, 0.25) is 0 Å². The lowest BCUT2D eigenvalue weighted by atomic mass is 9.91. The van der Waals surface area contributed by atoms with E-state index in [0.29, 0.717) is 0 Å². The quantitative estimate of drug-likeness (QED) is 0.820. The number of carbonyl (C=O) groups is 1. The third-order valence-electron chi connectivity index (χ3n) is 3.74. The van der Waals surface area contributed by atoms with Gasteiger partial charge in [-0.25, -0.2) is 4.79 Å². The lowest BCUT2D eigenvalue weighted by Crippen LogP contribution is -2.42. The monoisotopic (exact) mass is 295 g/mol. The second kappa shape index (κ2) is 7.02. The summed E-state index contributed by atoms with van der Waals surface area (Å²) in [5.41, 5.74) is 0. The fourth-order valence-corrected chi connectivity index (χ4v) is 3.67. The Bertz CT molecular complexity index is 483. The Labute approximate surface area is 123 Å². The van der Waals surface area contributed by atoms with Gasteiger partial charge in [-0.3, -0.25) is 4.90 Å². The van der Waals surface area contributed by atoms with Crippen molar-refractivity contribution in [3.05, 3.63) is 28.0 Å². The highest BCUT2D eigenvalue weighted by atomic mass is 32.1. The molecule has 0 aromatic carbocycles. The molecule has 0 aliphatic heterocycles. The highest BCUT2D eigenvalue weighted by Crippen LogP contribution is 2.25. The van der Waals surface area contributed by atoms with E-state index in [4.69, 9.17) is 5.11 Å². The topological polar surface area (TPSA) is 60.8 Å². The van der Waals surface area contributed by atoms with Gasteiger partial charge in [0.2, 0.25) is 0 Å². The van der Waals surface area contributed by atoms with Gasteiger partial charge in [0.25, 0.3) is 0 Å². The summed E-state index contributed by atoms with van der Waals surface area (Å²) >= 11 is 1.59. The minimum atomic E-state index is -0.928. The zero-order valence-electron chi connectivity index (χ0n) is 11.7. The summed E-state index contributed by atoms with van der Waals surface area (Å²) in [5.74, 6) is -0.928. The molecule has 1 aromatic heterocycles. The molecule has 2 N–H and O–H groups in total. The molecule has 2 unspecified atom stereocenters. The highest BCUT2D eigenvalue weighted by Gasteiger charge is 2.26. The van der Waals surface area contributed by atoms with Crippen LogP contribution in [0.1, 0.15) is 35.4 Å². The zero-order valence-corrected chi connectivity index (χ0v) is 12.5. The average molecular weight is 295 g/mol. The van der Waals surface area contributed by atoms with Crippen LogP contribution in [0.5, 0.6) is 0 Å². The Morgan fingerprint density at radius 2 is 2.20 bits per heavy atom. The van der Waals surface area contributed by atoms with Crippen LogP contribution in [-0.4, -0.2) is 40.3 Å². The zero-order chi connectivity index (χ0) is 14.5. The van der Waals surface area contributed by atoms with Gasteiger partial charge in [-0.15, -0.1) is 11.3 Å². The van der Waals surface area contributed by atoms with Gasteiger partial charge in [-0.1, -0.05) is 12.8 Å². The van der Waals surface area contributed by atoms with Crippen molar-refractivity contribution in [3.8, 4) is 0 Å². The third kappa shape index (κ3) is 4.16. The minimum absolute atomic E-state index is 0.222. The predicted molar refractivity (Wildman–Crippen MR) is 80.7 cm³/mol. The van der Waals surface area contributed by atoms with E-state index < -0.39 is 5.97 Å². The molecule has 2 rings (SSSR count). The van der Waals surface area contributed by atoms with Crippen molar-refractivity contribution in [2.45, 2.75) is 44.4 Å². The summed E-state index contributed by atoms with van der Waals surface area (Å²) in [6, 6.07) is 4.20. The molecular weight excluding hydrogens is 274 g/mol. The van der Waals surface area contributed by atoms with Gasteiger partial charge in [-0.05, 0) is 38.1 Å². The Balaban J connectivity index is 1.94. The number of aliphatic hydroxyl groups is 1. The summed E-state index contributed by atoms with van der Waals surface area (Å²) in [4.78, 5) is 14.8. The molecular formula is C15H21NO3S. The maximum Gasteiger partial charge on any atom is 0.328 e. The smallest absolute Gasteiger partial charge is 0.328 e. The fourth-order valence-electron chi connectivity index (χ4n) is 2.69. The standard InChI is InChI=1S/C15H21NO3S/c1-16(13-4-2-3-5-14(13)17)10-12-7-6-11(20-12)8-9-15(18)19/h6-9,13-14,17H,2-5,10H2,1H3,(H,18,19)/b9-8+. The first-order valence-electron chi connectivity index (χ1n) is 6.94. The maximum atomic E-state index is 10.5. The van der Waals surface area contributed by atoms with Crippen molar-refractivity contribution in [1.82, 2.24) is 4.90 Å². The van der Waals surface area contributed by atoms with Gasteiger partial charge in [0.1, 0.15) is 0 Å². The van der Waals surface area contributed by atoms with Crippen LogP contribution in [0.3, 0.4) is 0 Å². The van der Waals surface area contributed by atoms with Gasteiger partial charge in [-0.2, -0.15) is 0 Å². The number of rotatable bonds is 5. The first kappa shape index (κ1) is 15.2. The molecule has 1 heterocycles. The first-order valence-corrected chi connectivity index (χ1v) is 7.76. The van der Waals surface area contributed by atoms with Crippen LogP contribution in [0.25, 0.3) is 6.08 Å². The number of aliphatic hydroxyl groups excluding tert-OH is 1. The van der Waals surface area contributed by atoms with E-state index in [0.717, 1.165) is 36.8 Å². The lowest BCUT2D eigenvalue weighted by molar-refractivity contribution is -0.131. The minimum Gasteiger partial charge on any atom is -0.478 e. The van der Waals surface area contributed by atoms with Crippen LogP contribution >= 0.6 is 11.3 Å². The van der Waals surface area contributed by atoms with Crippen molar-refractivity contribution >= 4 is 23.4 Å². The molecule has 110 valence electrons. The van der Waals surface area contributed by atoms with E-state index in [-0.39, 0.29) is 12.1 Å². The van der Waals surface area contributed by atoms with Gasteiger partial charge in [0.15, 0.2) is 0 Å². The summed E-state index contributed by atoms with van der Waals surface area (Å²) < 4.78 is 0. The maximum absolute atomic E-state index is 10.5. The summed E-state index contributed by atoms with van der Waals surface area (Å²) in [6.07, 6.45) is 6.80. The van der Waals surface area contributed by atoms with Crippen molar-refractivity contribution in [3.63, 3.8) is 0 Å². The number of likely N-dealkylation sites (N-methyl/N-ethyl adjacent to an activating group) is 1. The van der Waals surface area contributed by atoms with Crippen LogP contribution in [-0.2, 0) is 11.3 Å². The van der Waals surface area contributed by atoms with E-state index >= 15 is 0 Å². The Morgan fingerprint density at radius 3 is 2.90 bits per heavy atom. The van der Waals surface area contributed by atoms with Crippen LogP contribution in [0, 0.1) is 0 Å². The molecule has 1 saturated carbocycles. The number of aliphatic carboxylic acids is 1. The number of hydrogen-bond donors (Lipinski definition) is 2. The van der Waals surface area contributed by atoms with Crippen molar-refractivity contribution in [2.24, 2.45) is 0 Å². The highest BCUT2D eigenvalue weighted by molar-refractivity contribution is 7.12. The van der Waals surface area contributed by atoms with Crippen LogP contribution in [0.4, 0.5) is 0 Å². The second-order valence-electron chi connectivity index (χ2n) is 5.31. The van der Waals surface area contributed by atoms with E-state index in [1.165, 1.54) is 11.3 Å². The number of thiophene rings is 1. The van der Waals surface area contributed by atoms with Crippen molar-refractivity contribution in [2.75, 3.05) is 7.05 Å². The van der Waals surface area contributed by atoms with Crippen LogP contribution < -0.4 is 0 Å². The number of nitrogens with zero attached hydrogens (tertiary/aromatic N) is 1. The molecule has 1 aliphatic rings. The fraction of sp³-hybridized carbons (Fsp3) is 0.533. The van der Waals surface area contributed by atoms with E-state index in [1.54, 1.807) is 17.4 Å². The van der Waals surface area contributed by atoms with Gasteiger partial charge < -0.3 is 10.2 Å². The van der Waals surface area contributed by atoms with E-state index in [1.807, 2.05) is 19.2 Å². The summed E-state index contributed by atoms with van der Waals surface area (Å²) in [7, 11) is 2.05. The van der Waals surface area contributed by atoms with Crippen LogP contribution in [0.15, 0.2) is 18.2 Å². The van der Waals surface area contributed by atoms with E-state index in [9.17, 15) is 9.90 Å². The van der Waals surface area contributed by atoms with Crippen molar-refractivity contribution in [1.29, 1.82) is 0 Å². The molecule has 0 saturated heterocycles. The number of carboxylic acids is 1. The summed E-state index contributed by atoms with van der Waals surface area (Å²) in [6.45, 7) is 0.799. The van der Waals surface area contributed by atoms with Gasteiger partial charge >= 0.3 is 5.97 Å². The van der Waals surface area contributed by atoms with E-state index in [2.05, 4.69) is 4.90 Å². The summed E-state index contributed by atoms with van der Waals surface area (Å²) in [5, 5.41) is 18.7. The average Bonchev–Trinajstić information content (AvgIpc) is 2.84. The molecule has 1 aliphatic carbocycles. The molecule has 0 radical (unpaired) electrons. The molecule has 4 nitrogen and oxygen atoms in total. The predicted octanol–water partition coefficient (Wildman–Crippen LogP) is 2.58. The SMILES string of the molecule is CN(Cc1ccc(/C=C/C(=O)O)s1)C1CCCCC1O. The number of hydrogen-bond acceptors (Lipinski definition) is 4. The molecule has 0 spiro atoms. The van der Waals surface area contributed by atoms with Crippen molar-refractivity contribution < 1.29 is 15.0 Å². The Kier molecular flexibility index (Phi) is 5.34. The molecule has 5 heteroatoms. The second-order valence-corrected chi connectivity index (χ2v) is 6.51. The van der Waals surface area contributed by atoms with Gasteiger partial charge in [0.05, 0.1) is 6.10 Å². The molecule has 0 amide bonds. The largest absolute Gasteiger partial charge is 0.478 e. The first-order chi connectivity index (χ1) is 9.56. The third-order valence-corrected chi connectivity index (χ3v) is 4.77. The molecule has 1 aromatic rings. The molecule has 20 heavy (non-hydrogen) atoms.